The zero-order chi connectivity index (χ0) is 12.5. The van der Waals surface area contributed by atoms with E-state index in [2.05, 4.69) is 4.98 Å². The number of primary sulfonamides is 1. The Morgan fingerprint density at radius 1 is 1.65 bits per heavy atom. The van der Waals surface area contributed by atoms with Crippen molar-refractivity contribution in [3.63, 3.8) is 0 Å². The third-order valence-electron chi connectivity index (χ3n) is 2.85. The quantitative estimate of drug-likeness (QED) is 0.850. The molecule has 2 N–H and O–H groups in total. The molecule has 0 bridgehead atoms. The normalized spacial score (nSPS) is 20.9. The van der Waals surface area contributed by atoms with Crippen LogP contribution in [-0.2, 0) is 21.2 Å². The number of nitrogens with zero attached hydrogens (tertiary/aromatic N) is 2. The van der Waals surface area contributed by atoms with E-state index in [-0.39, 0.29) is 11.1 Å². The van der Waals surface area contributed by atoms with E-state index in [1.54, 1.807) is 0 Å². The van der Waals surface area contributed by atoms with Gasteiger partial charge in [-0.2, -0.15) is 0 Å². The van der Waals surface area contributed by atoms with E-state index < -0.39 is 10.0 Å². The summed E-state index contributed by atoms with van der Waals surface area (Å²) in [7, 11) is -3.73. The van der Waals surface area contributed by atoms with Crippen LogP contribution >= 0.6 is 0 Å². The average molecular weight is 259 g/mol. The van der Waals surface area contributed by atoms with Crippen LogP contribution in [0, 0.1) is 0 Å². The molecule has 0 aliphatic carbocycles. The van der Waals surface area contributed by atoms with Gasteiger partial charge in [-0.1, -0.05) is 6.92 Å². The molecule has 1 aliphatic heterocycles. The van der Waals surface area contributed by atoms with Crippen molar-refractivity contribution in [2.24, 2.45) is 5.14 Å². The van der Waals surface area contributed by atoms with Gasteiger partial charge in [0.1, 0.15) is 5.82 Å². The number of rotatable bonds is 4. The first-order valence-corrected chi connectivity index (χ1v) is 7.25. The largest absolute Gasteiger partial charge is 0.379 e. The highest BCUT2D eigenvalue weighted by Crippen LogP contribution is 2.23. The van der Waals surface area contributed by atoms with Gasteiger partial charge in [0.05, 0.1) is 12.6 Å². The van der Waals surface area contributed by atoms with Gasteiger partial charge in [-0.3, -0.25) is 0 Å². The Kier molecular flexibility index (Phi) is 3.50. The molecule has 1 atom stereocenters. The highest BCUT2D eigenvalue weighted by molar-refractivity contribution is 7.89. The average Bonchev–Trinajstić information content (AvgIpc) is 2.83. The second-order valence-corrected chi connectivity index (χ2v) is 5.72. The molecule has 0 spiro atoms. The molecule has 2 heterocycles. The van der Waals surface area contributed by atoms with Crippen LogP contribution in [0.15, 0.2) is 11.2 Å². The smallest absolute Gasteiger partial charge is 0.257 e. The lowest BCUT2D eigenvalue weighted by Gasteiger charge is -2.12. The molecule has 1 fully saturated rings. The predicted octanol–water partition coefficient (Wildman–Crippen LogP) is 0.444. The monoisotopic (exact) mass is 259 g/mol. The van der Waals surface area contributed by atoms with Gasteiger partial charge >= 0.3 is 0 Å². The van der Waals surface area contributed by atoms with Crippen LogP contribution in [0.1, 0.15) is 31.6 Å². The molecule has 6 nitrogen and oxygen atoms in total. The zero-order valence-corrected chi connectivity index (χ0v) is 10.6. The van der Waals surface area contributed by atoms with Crippen molar-refractivity contribution in [1.82, 2.24) is 9.55 Å². The van der Waals surface area contributed by atoms with Crippen LogP contribution in [0.4, 0.5) is 0 Å². The first-order valence-electron chi connectivity index (χ1n) is 5.70. The minimum atomic E-state index is -3.73. The van der Waals surface area contributed by atoms with Gasteiger partial charge in [-0.25, -0.2) is 18.5 Å². The number of hydrogen-bond donors (Lipinski definition) is 1. The number of imidazole rings is 1. The fourth-order valence-electron chi connectivity index (χ4n) is 2.01. The summed E-state index contributed by atoms with van der Waals surface area (Å²) in [5, 5.41) is 5.05. The van der Waals surface area contributed by atoms with E-state index in [9.17, 15) is 8.42 Å². The fraction of sp³-hybridized carbons (Fsp3) is 0.700. The predicted molar refractivity (Wildman–Crippen MR) is 62.1 cm³/mol. The van der Waals surface area contributed by atoms with Gasteiger partial charge in [0, 0.05) is 19.2 Å². The summed E-state index contributed by atoms with van der Waals surface area (Å²) in [6, 6.07) is 0.180. The van der Waals surface area contributed by atoms with E-state index in [0.717, 1.165) is 25.1 Å². The Morgan fingerprint density at radius 3 is 2.94 bits per heavy atom. The summed E-state index contributed by atoms with van der Waals surface area (Å²) in [5.74, 6) is 0.770. The van der Waals surface area contributed by atoms with Gasteiger partial charge in [-0.05, 0) is 12.8 Å². The summed E-state index contributed by atoms with van der Waals surface area (Å²) in [5.41, 5.74) is 0. The van der Waals surface area contributed by atoms with Crippen LogP contribution in [0.25, 0.3) is 0 Å². The van der Waals surface area contributed by atoms with Gasteiger partial charge in [0.15, 0.2) is 5.03 Å². The van der Waals surface area contributed by atoms with Gasteiger partial charge < -0.3 is 9.30 Å². The number of nitrogens with two attached hydrogens (primary N) is 1. The minimum Gasteiger partial charge on any atom is -0.379 e. The molecular formula is C10H17N3O3S. The molecule has 0 saturated carbocycles. The van der Waals surface area contributed by atoms with Crippen molar-refractivity contribution < 1.29 is 13.2 Å². The van der Waals surface area contributed by atoms with Gasteiger partial charge in [-0.15, -0.1) is 0 Å². The number of aromatic nitrogens is 2. The molecule has 1 aromatic heterocycles. The minimum absolute atomic E-state index is 0.0483. The summed E-state index contributed by atoms with van der Waals surface area (Å²) in [4.78, 5) is 4.11. The lowest BCUT2D eigenvalue weighted by Crippen LogP contribution is -2.13. The van der Waals surface area contributed by atoms with Crippen molar-refractivity contribution in [3.8, 4) is 0 Å². The molecule has 1 aliphatic rings. The molecule has 17 heavy (non-hydrogen) atoms. The fourth-order valence-corrected chi connectivity index (χ4v) is 2.50. The molecule has 1 aromatic rings. The van der Waals surface area contributed by atoms with Crippen molar-refractivity contribution in [2.45, 2.75) is 37.3 Å². The third-order valence-corrected chi connectivity index (χ3v) is 3.63. The number of aryl methyl sites for hydroxylation is 1. The maximum absolute atomic E-state index is 11.3. The Morgan fingerprint density at radius 2 is 2.41 bits per heavy atom. The summed E-state index contributed by atoms with van der Waals surface area (Å²) in [6.45, 7) is 3.34. The van der Waals surface area contributed by atoms with Crippen LogP contribution in [0.2, 0.25) is 0 Å². The Labute approximate surface area is 101 Å². The molecule has 1 unspecified atom stereocenters. The lowest BCUT2D eigenvalue weighted by atomic mass is 10.2. The van der Waals surface area contributed by atoms with E-state index in [0.29, 0.717) is 13.2 Å². The number of ether oxygens (including phenoxy) is 1. The van der Waals surface area contributed by atoms with Crippen molar-refractivity contribution in [1.29, 1.82) is 0 Å². The molecule has 0 amide bonds. The Hall–Kier alpha value is -0.920. The molecule has 96 valence electrons. The van der Waals surface area contributed by atoms with Crippen LogP contribution in [-0.4, -0.2) is 31.2 Å². The van der Waals surface area contributed by atoms with Gasteiger partial charge in [0.25, 0.3) is 10.0 Å². The lowest BCUT2D eigenvalue weighted by molar-refractivity contribution is 0.186. The zero-order valence-electron chi connectivity index (χ0n) is 9.80. The maximum atomic E-state index is 11.3. The molecule has 7 heteroatoms. The van der Waals surface area contributed by atoms with Crippen LogP contribution in [0.5, 0.6) is 0 Å². The molecule has 0 radical (unpaired) electrons. The van der Waals surface area contributed by atoms with E-state index in [4.69, 9.17) is 9.88 Å². The Balaban J connectivity index is 2.37. The third kappa shape index (κ3) is 2.67. The summed E-state index contributed by atoms with van der Waals surface area (Å²) in [6.07, 6.45) is 4.07. The van der Waals surface area contributed by atoms with E-state index in [1.165, 1.54) is 6.20 Å². The summed E-state index contributed by atoms with van der Waals surface area (Å²) < 4.78 is 29.8. The molecule has 0 aromatic carbocycles. The van der Waals surface area contributed by atoms with Crippen molar-refractivity contribution in [3.05, 3.63) is 12.0 Å². The SMILES string of the molecule is CCCc1nc(S(N)(=O)=O)cn1C1CCOC1. The maximum Gasteiger partial charge on any atom is 0.257 e. The second-order valence-electron chi connectivity index (χ2n) is 4.22. The highest BCUT2D eigenvalue weighted by Gasteiger charge is 2.23. The van der Waals surface area contributed by atoms with Crippen LogP contribution in [0.3, 0.4) is 0 Å². The molecular weight excluding hydrogens is 242 g/mol. The summed E-state index contributed by atoms with van der Waals surface area (Å²) >= 11 is 0. The highest BCUT2D eigenvalue weighted by atomic mass is 32.2. The van der Waals surface area contributed by atoms with Gasteiger partial charge in [0.2, 0.25) is 0 Å². The Bertz CT molecular complexity index is 489. The first-order chi connectivity index (χ1) is 8.02. The topological polar surface area (TPSA) is 87.2 Å². The second kappa shape index (κ2) is 4.75. The first kappa shape index (κ1) is 12.5. The van der Waals surface area contributed by atoms with E-state index in [1.807, 2.05) is 11.5 Å². The molecule has 1 saturated heterocycles. The standard InChI is InChI=1S/C10H17N3O3S/c1-2-3-9-12-10(17(11,14)15)6-13(9)8-4-5-16-7-8/h6,8H,2-5,7H2,1H3,(H2,11,14,15). The van der Waals surface area contributed by atoms with Crippen molar-refractivity contribution in [2.75, 3.05) is 13.2 Å². The van der Waals surface area contributed by atoms with Crippen LogP contribution < -0.4 is 5.14 Å². The number of hydrogen-bond acceptors (Lipinski definition) is 4. The van der Waals surface area contributed by atoms with E-state index >= 15 is 0 Å². The molecule has 2 rings (SSSR count). The van der Waals surface area contributed by atoms with Crippen molar-refractivity contribution >= 4 is 10.0 Å². The number of sulfonamides is 1.